The summed E-state index contributed by atoms with van der Waals surface area (Å²) in [5.74, 6) is 1.39. The molecule has 0 atom stereocenters. The van der Waals surface area contributed by atoms with Gasteiger partial charge in [-0.3, -0.25) is 4.99 Å². The van der Waals surface area contributed by atoms with Crippen molar-refractivity contribution in [2.24, 2.45) is 4.99 Å². The molecule has 0 aliphatic carbocycles. The lowest BCUT2D eigenvalue weighted by Gasteiger charge is -2.15. The Morgan fingerprint density at radius 1 is 1.05 bits per heavy atom. The lowest BCUT2D eigenvalue weighted by molar-refractivity contribution is -0.128. The Morgan fingerprint density at radius 2 is 1.67 bits per heavy atom. The van der Waals surface area contributed by atoms with E-state index in [0.29, 0.717) is 31.3 Å². The molecule has 21 heavy (non-hydrogen) atoms. The molecule has 0 saturated heterocycles. The van der Waals surface area contributed by atoms with Crippen LogP contribution in [0.2, 0.25) is 0 Å². The fraction of sp³-hybridized carbons (Fsp3) is 0.562. The Kier molecular flexibility index (Phi) is 7.79. The van der Waals surface area contributed by atoms with Crippen molar-refractivity contribution in [3.63, 3.8) is 0 Å². The molecule has 0 bridgehead atoms. The van der Waals surface area contributed by atoms with E-state index in [1.807, 2.05) is 39.0 Å². The fourth-order valence-electron chi connectivity index (χ4n) is 1.89. The summed E-state index contributed by atoms with van der Waals surface area (Å²) in [6.45, 7) is 7.52. The van der Waals surface area contributed by atoms with Gasteiger partial charge in [-0.05, 0) is 44.5 Å². The van der Waals surface area contributed by atoms with E-state index < -0.39 is 0 Å². The second-order valence-corrected chi connectivity index (χ2v) is 4.34. The topological polar surface area (TPSA) is 49.3 Å². The highest BCUT2D eigenvalue weighted by molar-refractivity contribution is 5.99. The first-order valence-corrected chi connectivity index (χ1v) is 7.12. The molecule has 0 amide bonds. The Hall–Kier alpha value is -1.59. The van der Waals surface area contributed by atoms with Crippen molar-refractivity contribution in [1.82, 2.24) is 0 Å². The van der Waals surface area contributed by atoms with Gasteiger partial charge in [-0.25, -0.2) is 0 Å². The van der Waals surface area contributed by atoms with Crippen molar-refractivity contribution < 1.29 is 18.9 Å². The maximum absolute atomic E-state index is 5.48. The van der Waals surface area contributed by atoms with Crippen LogP contribution >= 0.6 is 0 Å². The van der Waals surface area contributed by atoms with Crippen LogP contribution < -0.4 is 9.47 Å². The third kappa shape index (κ3) is 5.36. The van der Waals surface area contributed by atoms with E-state index in [9.17, 15) is 0 Å². The molecule has 1 aromatic rings. The third-order valence-corrected chi connectivity index (χ3v) is 2.98. The highest BCUT2D eigenvalue weighted by Crippen LogP contribution is 2.27. The molecule has 1 rings (SSSR count). The van der Waals surface area contributed by atoms with Gasteiger partial charge in [0, 0.05) is 18.9 Å². The van der Waals surface area contributed by atoms with Crippen molar-refractivity contribution >= 4 is 5.71 Å². The second kappa shape index (κ2) is 9.37. The van der Waals surface area contributed by atoms with Crippen LogP contribution in [0, 0.1) is 0 Å². The molecule has 0 aliphatic heterocycles. The summed E-state index contributed by atoms with van der Waals surface area (Å²) in [6, 6.07) is 5.74. The molecule has 118 valence electrons. The molecule has 0 heterocycles. The lowest BCUT2D eigenvalue weighted by Crippen LogP contribution is -2.21. The number of ether oxygens (including phenoxy) is 4. The maximum atomic E-state index is 5.48. The van der Waals surface area contributed by atoms with E-state index in [2.05, 4.69) is 4.99 Å². The first kappa shape index (κ1) is 17.5. The number of methoxy groups -OCH3 is 2. The Labute approximate surface area is 126 Å². The SMILES string of the molecule is CCOC(C/N=C(\C)c1ccc(OC)c(OC)c1)OCC. The van der Waals surface area contributed by atoms with Gasteiger partial charge in [-0.15, -0.1) is 0 Å². The Balaban J connectivity index is 2.81. The van der Waals surface area contributed by atoms with Crippen molar-refractivity contribution in [3.05, 3.63) is 23.8 Å². The van der Waals surface area contributed by atoms with E-state index >= 15 is 0 Å². The number of nitrogens with zero attached hydrogens (tertiary/aromatic N) is 1. The fourth-order valence-corrected chi connectivity index (χ4v) is 1.89. The number of benzene rings is 1. The molecule has 0 saturated carbocycles. The van der Waals surface area contributed by atoms with Gasteiger partial charge in [-0.2, -0.15) is 0 Å². The van der Waals surface area contributed by atoms with Crippen molar-refractivity contribution in [2.75, 3.05) is 34.0 Å². The average Bonchev–Trinajstić information content (AvgIpc) is 2.52. The summed E-state index contributed by atoms with van der Waals surface area (Å²) in [4.78, 5) is 4.53. The summed E-state index contributed by atoms with van der Waals surface area (Å²) in [5, 5.41) is 0. The number of hydrogen-bond acceptors (Lipinski definition) is 5. The van der Waals surface area contributed by atoms with Crippen LogP contribution in [-0.2, 0) is 9.47 Å². The van der Waals surface area contributed by atoms with Gasteiger partial charge in [0.15, 0.2) is 17.8 Å². The molecule has 0 fully saturated rings. The average molecular weight is 295 g/mol. The van der Waals surface area contributed by atoms with Crippen LogP contribution in [0.1, 0.15) is 26.3 Å². The standard InChI is InChI=1S/C16H25NO4/c1-6-20-16(21-7-2)11-17-12(3)13-8-9-14(18-4)15(10-13)19-5/h8-10,16H,6-7,11H2,1-5H3/b17-12+. The third-order valence-electron chi connectivity index (χ3n) is 2.98. The number of aliphatic imine (C=N–C) groups is 1. The summed E-state index contributed by atoms with van der Waals surface area (Å²) in [7, 11) is 3.24. The van der Waals surface area contributed by atoms with E-state index in [-0.39, 0.29) is 6.29 Å². The van der Waals surface area contributed by atoms with E-state index in [1.165, 1.54) is 0 Å². The second-order valence-electron chi connectivity index (χ2n) is 4.34. The highest BCUT2D eigenvalue weighted by atomic mass is 16.7. The van der Waals surface area contributed by atoms with Crippen LogP contribution in [0.15, 0.2) is 23.2 Å². The maximum Gasteiger partial charge on any atom is 0.176 e. The number of hydrogen-bond donors (Lipinski definition) is 0. The van der Waals surface area contributed by atoms with Crippen molar-refractivity contribution in [3.8, 4) is 11.5 Å². The zero-order valence-corrected chi connectivity index (χ0v) is 13.5. The van der Waals surface area contributed by atoms with Gasteiger partial charge in [0.1, 0.15) is 0 Å². The number of rotatable bonds is 9. The summed E-state index contributed by atoms with van der Waals surface area (Å²) < 4.78 is 21.5. The largest absolute Gasteiger partial charge is 0.493 e. The van der Waals surface area contributed by atoms with Crippen LogP contribution in [0.5, 0.6) is 11.5 Å². The molecule has 0 N–H and O–H groups in total. The Bertz CT molecular complexity index is 454. The molecular formula is C16H25NO4. The summed E-state index contributed by atoms with van der Waals surface area (Å²) in [5.41, 5.74) is 1.89. The Morgan fingerprint density at radius 3 is 2.19 bits per heavy atom. The lowest BCUT2D eigenvalue weighted by atomic mass is 10.1. The van der Waals surface area contributed by atoms with E-state index in [0.717, 1.165) is 11.3 Å². The van der Waals surface area contributed by atoms with Crippen LogP contribution in [0.3, 0.4) is 0 Å². The quantitative estimate of drug-likeness (QED) is 0.519. The predicted molar refractivity (Wildman–Crippen MR) is 83.7 cm³/mol. The van der Waals surface area contributed by atoms with Crippen LogP contribution in [-0.4, -0.2) is 46.0 Å². The van der Waals surface area contributed by atoms with E-state index in [1.54, 1.807) is 14.2 Å². The molecule has 5 nitrogen and oxygen atoms in total. The van der Waals surface area contributed by atoms with Gasteiger partial charge < -0.3 is 18.9 Å². The molecular weight excluding hydrogens is 270 g/mol. The minimum atomic E-state index is -0.296. The molecule has 0 aliphatic rings. The predicted octanol–water partition coefficient (Wildman–Crippen LogP) is 2.91. The molecule has 0 spiro atoms. The zero-order chi connectivity index (χ0) is 15.7. The van der Waals surface area contributed by atoms with Gasteiger partial charge in [-0.1, -0.05) is 0 Å². The van der Waals surface area contributed by atoms with Crippen molar-refractivity contribution in [1.29, 1.82) is 0 Å². The van der Waals surface area contributed by atoms with Gasteiger partial charge >= 0.3 is 0 Å². The first-order valence-electron chi connectivity index (χ1n) is 7.12. The molecule has 1 aromatic carbocycles. The molecule has 0 aromatic heterocycles. The minimum absolute atomic E-state index is 0.296. The van der Waals surface area contributed by atoms with E-state index in [4.69, 9.17) is 18.9 Å². The molecule has 5 heteroatoms. The molecule has 0 radical (unpaired) electrons. The van der Waals surface area contributed by atoms with Gasteiger partial charge in [0.2, 0.25) is 0 Å². The summed E-state index contributed by atoms with van der Waals surface area (Å²) >= 11 is 0. The van der Waals surface area contributed by atoms with Crippen LogP contribution in [0.25, 0.3) is 0 Å². The first-order chi connectivity index (χ1) is 10.2. The minimum Gasteiger partial charge on any atom is -0.493 e. The summed E-state index contributed by atoms with van der Waals surface area (Å²) in [6.07, 6.45) is -0.296. The smallest absolute Gasteiger partial charge is 0.176 e. The van der Waals surface area contributed by atoms with Gasteiger partial charge in [0.05, 0.1) is 20.8 Å². The van der Waals surface area contributed by atoms with Crippen LogP contribution in [0.4, 0.5) is 0 Å². The van der Waals surface area contributed by atoms with Crippen molar-refractivity contribution in [2.45, 2.75) is 27.1 Å². The zero-order valence-electron chi connectivity index (χ0n) is 13.5. The molecule has 0 unspecified atom stereocenters. The highest BCUT2D eigenvalue weighted by Gasteiger charge is 2.09. The normalized spacial score (nSPS) is 11.8. The monoisotopic (exact) mass is 295 g/mol. The van der Waals surface area contributed by atoms with Gasteiger partial charge in [0.25, 0.3) is 0 Å².